The van der Waals surface area contributed by atoms with Crippen molar-refractivity contribution >= 4 is 34.6 Å². The van der Waals surface area contributed by atoms with Crippen molar-refractivity contribution in [2.45, 2.75) is 13.2 Å². The Labute approximate surface area is 188 Å². The van der Waals surface area contributed by atoms with Crippen LogP contribution in [-0.4, -0.2) is 5.91 Å². The molecule has 3 rings (SSSR count). The molecule has 3 aromatic rings. The van der Waals surface area contributed by atoms with Gasteiger partial charge >= 0.3 is 0 Å². The summed E-state index contributed by atoms with van der Waals surface area (Å²) in [6, 6.07) is 23.0. The molecule has 4 nitrogen and oxygen atoms in total. The molecular formula is C24H18FIN2O2. The summed E-state index contributed by atoms with van der Waals surface area (Å²) in [6.45, 7) is 0.670. The van der Waals surface area contributed by atoms with Crippen LogP contribution < -0.4 is 10.1 Å². The highest BCUT2D eigenvalue weighted by molar-refractivity contribution is 14.1. The Hall–Kier alpha value is -3.18. The monoisotopic (exact) mass is 512 g/mol. The van der Waals surface area contributed by atoms with Crippen LogP contribution >= 0.6 is 22.6 Å². The van der Waals surface area contributed by atoms with Crippen LogP contribution in [-0.2, 0) is 17.9 Å². The van der Waals surface area contributed by atoms with E-state index in [1.165, 1.54) is 12.1 Å². The Kier molecular flexibility index (Phi) is 7.57. The first kappa shape index (κ1) is 21.5. The lowest BCUT2D eigenvalue weighted by Gasteiger charge is -2.09. The van der Waals surface area contributed by atoms with Crippen LogP contribution in [0.25, 0.3) is 6.08 Å². The fourth-order valence-corrected chi connectivity index (χ4v) is 3.35. The fourth-order valence-electron chi connectivity index (χ4n) is 2.65. The molecule has 0 saturated carbocycles. The lowest BCUT2D eigenvalue weighted by molar-refractivity contribution is -0.117. The molecule has 0 fully saturated rings. The normalized spacial score (nSPS) is 10.9. The molecule has 3 aromatic carbocycles. The van der Waals surface area contributed by atoms with Gasteiger partial charge in [0.15, 0.2) is 0 Å². The van der Waals surface area contributed by atoms with Crippen LogP contribution in [0.15, 0.2) is 78.4 Å². The Balaban J connectivity index is 1.64. The maximum Gasteiger partial charge on any atom is 0.262 e. The van der Waals surface area contributed by atoms with Gasteiger partial charge in [0, 0.05) is 6.54 Å². The Morgan fingerprint density at radius 1 is 1.07 bits per heavy atom. The van der Waals surface area contributed by atoms with E-state index >= 15 is 0 Å². The summed E-state index contributed by atoms with van der Waals surface area (Å²) in [5, 5.41) is 12.1. The molecule has 0 saturated heterocycles. The standard InChI is InChI=1S/C24H18FIN2O2/c25-21-9-6-18(7-10-21)16-30-23-11-8-19(13-22(23)26)12-20(14-27)24(29)28-15-17-4-2-1-3-5-17/h1-13H,15-16H2,(H,28,29)/b20-12-. The van der Waals surface area contributed by atoms with E-state index in [-0.39, 0.29) is 11.4 Å². The number of carbonyl (C=O) groups is 1. The van der Waals surface area contributed by atoms with Gasteiger partial charge in [0.2, 0.25) is 0 Å². The van der Waals surface area contributed by atoms with E-state index in [1.807, 2.05) is 42.5 Å². The number of carbonyl (C=O) groups excluding carboxylic acids is 1. The first-order valence-electron chi connectivity index (χ1n) is 9.16. The summed E-state index contributed by atoms with van der Waals surface area (Å²) in [6.07, 6.45) is 1.55. The molecule has 6 heteroatoms. The van der Waals surface area contributed by atoms with E-state index in [0.29, 0.717) is 18.9 Å². The van der Waals surface area contributed by atoms with Crippen molar-refractivity contribution in [1.29, 1.82) is 5.26 Å². The average molecular weight is 512 g/mol. The number of nitrogens with one attached hydrogen (secondary N) is 1. The van der Waals surface area contributed by atoms with Gasteiger partial charge in [-0.2, -0.15) is 5.26 Å². The molecule has 30 heavy (non-hydrogen) atoms. The SMILES string of the molecule is N#C/C(=C/c1ccc(OCc2ccc(F)cc2)c(I)c1)C(=O)NCc1ccccc1. The second-order valence-electron chi connectivity index (χ2n) is 6.44. The van der Waals surface area contributed by atoms with Crippen molar-refractivity contribution in [3.05, 3.63) is 104 Å². The van der Waals surface area contributed by atoms with Crippen LogP contribution in [0.1, 0.15) is 16.7 Å². The maximum atomic E-state index is 13.0. The zero-order valence-electron chi connectivity index (χ0n) is 15.9. The topological polar surface area (TPSA) is 62.1 Å². The third-order valence-electron chi connectivity index (χ3n) is 4.24. The van der Waals surface area contributed by atoms with Gasteiger partial charge in [-0.05, 0) is 69.6 Å². The third kappa shape index (κ3) is 6.16. The van der Waals surface area contributed by atoms with Gasteiger partial charge in [-0.25, -0.2) is 4.39 Å². The quantitative estimate of drug-likeness (QED) is 0.268. The summed E-state index contributed by atoms with van der Waals surface area (Å²) in [4.78, 5) is 12.3. The summed E-state index contributed by atoms with van der Waals surface area (Å²) in [5.41, 5.74) is 2.57. The molecule has 0 aliphatic heterocycles. The molecule has 0 atom stereocenters. The molecule has 1 amide bonds. The van der Waals surface area contributed by atoms with E-state index < -0.39 is 5.91 Å². The molecule has 0 aliphatic carbocycles. The second-order valence-corrected chi connectivity index (χ2v) is 7.61. The van der Waals surface area contributed by atoms with Crippen LogP contribution in [0.2, 0.25) is 0 Å². The van der Waals surface area contributed by atoms with Crippen molar-refractivity contribution < 1.29 is 13.9 Å². The number of amides is 1. The number of nitrogens with zero attached hydrogens (tertiary/aromatic N) is 1. The largest absolute Gasteiger partial charge is 0.488 e. The van der Waals surface area contributed by atoms with Crippen molar-refractivity contribution in [2.75, 3.05) is 0 Å². The predicted octanol–water partition coefficient (Wildman–Crippen LogP) is 5.23. The van der Waals surface area contributed by atoms with E-state index in [2.05, 4.69) is 27.9 Å². The number of hydrogen-bond donors (Lipinski definition) is 1. The zero-order valence-corrected chi connectivity index (χ0v) is 18.1. The highest BCUT2D eigenvalue weighted by Gasteiger charge is 2.10. The summed E-state index contributed by atoms with van der Waals surface area (Å²) < 4.78 is 19.6. The number of halogens is 2. The maximum absolute atomic E-state index is 13.0. The highest BCUT2D eigenvalue weighted by atomic mass is 127. The van der Waals surface area contributed by atoms with Gasteiger partial charge in [-0.15, -0.1) is 0 Å². The zero-order chi connectivity index (χ0) is 21.3. The molecule has 0 radical (unpaired) electrons. The molecule has 0 aliphatic rings. The summed E-state index contributed by atoms with van der Waals surface area (Å²) in [5.74, 6) is -0.0392. The third-order valence-corrected chi connectivity index (χ3v) is 5.08. The number of benzene rings is 3. The number of rotatable bonds is 7. The van der Waals surface area contributed by atoms with Gasteiger partial charge in [0.1, 0.15) is 29.8 Å². The van der Waals surface area contributed by atoms with Gasteiger partial charge in [0.25, 0.3) is 5.91 Å². The van der Waals surface area contributed by atoms with Crippen LogP contribution in [0.5, 0.6) is 5.75 Å². The van der Waals surface area contributed by atoms with Crippen LogP contribution in [0, 0.1) is 20.7 Å². The summed E-state index contributed by atoms with van der Waals surface area (Å²) in [7, 11) is 0. The van der Waals surface area contributed by atoms with Gasteiger partial charge in [-0.1, -0.05) is 48.5 Å². The summed E-state index contributed by atoms with van der Waals surface area (Å²) >= 11 is 2.14. The fraction of sp³-hybridized carbons (Fsp3) is 0.0833. The van der Waals surface area contributed by atoms with Crippen LogP contribution in [0.4, 0.5) is 4.39 Å². The highest BCUT2D eigenvalue weighted by Crippen LogP contribution is 2.24. The molecule has 0 unspecified atom stereocenters. The van der Waals surface area contributed by atoms with Crippen LogP contribution in [0.3, 0.4) is 0 Å². The lowest BCUT2D eigenvalue weighted by Crippen LogP contribution is -2.23. The lowest BCUT2D eigenvalue weighted by atomic mass is 10.1. The van der Waals surface area contributed by atoms with Crippen molar-refractivity contribution in [2.24, 2.45) is 0 Å². The Morgan fingerprint density at radius 3 is 2.47 bits per heavy atom. The van der Waals surface area contributed by atoms with Gasteiger partial charge in [0.05, 0.1) is 3.57 Å². The minimum absolute atomic E-state index is 0.0294. The minimum atomic E-state index is -0.423. The number of ether oxygens (including phenoxy) is 1. The molecule has 0 spiro atoms. The van der Waals surface area contributed by atoms with E-state index in [9.17, 15) is 14.4 Å². The van der Waals surface area contributed by atoms with E-state index in [4.69, 9.17) is 4.74 Å². The van der Waals surface area contributed by atoms with Crippen molar-refractivity contribution in [3.8, 4) is 11.8 Å². The van der Waals surface area contributed by atoms with Gasteiger partial charge in [-0.3, -0.25) is 4.79 Å². The molecular weight excluding hydrogens is 494 g/mol. The molecule has 0 heterocycles. The molecule has 0 aromatic heterocycles. The van der Waals surface area contributed by atoms with E-state index in [0.717, 1.165) is 20.3 Å². The minimum Gasteiger partial charge on any atom is -0.488 e. The smallest absolute Gasteiger partial charge is 0.262 e. The first-order valence-corrected chi connectivity index (χ1v) is 10.2. The number of hydrogen-bond acceptors (Lipinski definition) is 3. The predicted molar refractivity (Wildman–Crippen MR) is 122 cm³/mol. The van der Waals surface area contributed by atoms with Gasteiger partial charge < -0.3 is 10.1 Å². The van der Waals surface area contributed by atoms with Crippen molar-refractivity contribution in [1.82, 2.24) is 5.32 Å². The Morgan fingerprint density at radius 2 is 1.80 bits per heavy atom. The average Bonchev–Trinajstić information content (AvgIpc) is 2.77. The van der Waals surface area contributed by atoms with Crippen molar-refractivity contribution in [3.63, 3.8) is 0 Å². The Bertz CT molecular complexity index is 1090. The second kappa shape index (κ2) is 10.6. The number of nitriles is 1. The molecule has 150 valence electrons. The van der Waals surface area contributed by atoms with E-state index in [1.54, 1.807) is 30.3 Å². The molecule has 0 bridgehead atoms. The molecule has 1 N–H and O–H groups in total. The first-order chi connectivity index (χ1) is 14.5.